The normalized spacial score (nSPS) is 16.1. The highest BCUT2D eigenvalue weighted by Gasteiger charge is 2.31. The quantitative estimate of drug-likeness (QED) is 0.788. The number of sulfonamides is 1. The van der Waals surface area contributed by atoms with Gasteiger partial charge in [0, 0.05) is 5.69 Å². The second-order valence-electron chi connectivity index (χ2n) is 7.47. The van der Waals surface area contributed by atoms with E-state index in [0.717, 1.165) is 21.7 Å². The molecule has 0 aromatic heterocycles. The molecule has 150 valence electrons. The number of amides is 1. The van der Waals surface area contributed by atoms with E-state index >= 15 is 0 Å². The molecule has 0 bridgehead atoms. The van der Waals surface area contributed by atoms with Crippen LogP contribution in [0.2, 0.25) is 0 Å². The van der Waals surface area contributed by atoms with Crippen molar-refractivity contribution >= 4 is 21.6 Å². The van der Waals surface area contributed by atoms with Gasteiger partial charge in [-0.25, -0.2) is 8.42 Å². The van der Waals surface area contributed by atoms with Crippen LogP contribution in [0.3, 0.4) is 0 Å². The first kappa shape index (κ1) is 20.5. The van der Waals surface area contributed by atoms with Gasteiger partial charge in [-0.05, 0) is 44.0 Å². The topological polar surface area (TPSA) is 70.9 Å². The van der Waals surface area contributed by atoms with Crippen LogP contribution in [0.15, 0.2) is 47.4 Å². The summed E-state index contributed by atoms with van der Waals surface area (Å²) in [6.07, 6.45) is 0. The molecule has 2 N–H and O–H groups in total. The number of benzene rings is 2. The Kier molecular flexibility index (Phi) is 6.17. The smallest absolute Gasteiger partial charge is 0.279 e. The number of quaternary nitrogens is 1. The second kappa shape index (κ2) is 8.43. The molecule has 1 heterocycles. The van der Waals surface area contributed by atoms with Gasteiger partial charge in [0.05, 0.1) is 31.1 Å². The number of nitrogens with zero attached hydrogens (tertiary/aromatic N) is 1. The Morgan fingerprint density at radius 1 is 1.04 bits per heavy atom. The molecule has 0 radical (unpaired) electrons. The van der Waals surface area contributed by atoms with Crippen molar-refractivity contribution in [2.24, 2.45) is 0 Å². The first-order valence-corrected chi connectivity index (χ1v) is 11.0. The molecule has 1 saturated heterocycles. The van der Waals surface area contributed by atoms with E-state index in [-0.39, 0.29) is 5.91 Å². The average Bonchev–Trinajstić information content (AvgIpc) is 2.66. The number of aryl methyl sites for hydroxylation is 3. The predicted octanol–water partition coefficient (Wildman–Crippen LogP) is 1.14. The minimum atomic E-state index is -3.46. The molecule has 1 amide bonds. The summed E-state index contributed by atoms with van der Waals surface area (Å²) < 4.78 is 26.9. The minimum Gasteiger partial charge on any atom is -0.325 e. The molecule has 2 aromatic rings. The molecule has 2 aromatic carbocycles. The molecule has 6 nitrogen and oxygen atoms in total. The summed E-state index contributed by atoms with van der Waals surface area (Å²) in [6.45, 7) is 8.44. The van der Waals surface area contributed by atoms with E-state index in [2.05, 4.69) is 17.4 Å². The average molecular weight is 403 g/mol. The number of hydrogen-bond acceptors (Lipinski definition) is 3. The molecule has 28 heavy (non-hydrogen) atoms. The van der Waals surface area contributed by atoms with Crippen LogP contribution in [-0.2, 0) is 14.8 Å². The second-order valence-corrected chi connectivity index (χ2v) is 9.40. The standard InChI is InChI=1S/C21H27N3O3S/c1-16-13-17(2)21(18(3)14-16)22-20(25)15-23-9-11-24(12-10-23)28(26,27)19-7-5-4-6-8-19/h4-8,13-14H,9-12,15H2,1-3H3,(H,22,25)/p+1. The van der Waals surface area contributed by atoms with E-state index in [9.17, 15) is 13.2 Å². The van der Waals surface area contributed by atoms with E-state index in [4.69, 9.17) is 0 Å². The highest BCUT2D eigenvalue weighted by Crippen LogP contribution is 2.21. The molecule has 1 fully saturated rings. The largest absolute Gasteiger partial charge is 0.325 e. The third-order valence-electron chi connectivity index (χ3n) is 5.16. The fourth-order valence-corrected chi connectivity index (χ4v) is 5.21. The van der Waals surface area contributed by atoms with Crippen molar-refractivity contribution in [1.29, 1.82) is 0 Å². The first-order valence-electron chi connectivity index (χ1n) is 9.54. The summed E-state index contributed by atoms with van der Waals surface area (Å²) in [7, 11) is -3.46. The SMILES string of the molecule is Cc1cc(C)c(NC(=O)C[NH+]2CCN(S(=O)(=O)c3ccccc3)CC2)c(C)c1. The van der Waals surface area contributed by atoms with Gasteiger partial charge in [0.15, 0.2) is 6.54 Å². The van der Waals surface area contributed by atoms with E-state index in [1.807, 2.05) is 20.8 Å². The number of carbonyl (C=O) groups is 1. The van der Waals surface area contributed by atoms with Crippen molar-refractivity contribution in [2.75, 3.05) is 38.0 Å². The van der Waals surface area contributed by atoms with Crippen LogP contribution in [0.25, 0.3) is 0 Å². The van der Waals surface area contributed by atoms with Gasteiger partial charge in [-0.3, -0.25) is 4.79 Å². The molecule has 3 rings (SSSR count). The van der Waals surface area contributed by atoms with Gasteiger partial charge < -0.3 is 10.2 Å². The monoisotopic (exact) mass is 402 g/mol. The zero-order valence-electron chi connectivity index (χ0n) is 16.7. The first-order chi connectivity index (χ1) is 13.3. The van der Waals surface area contributed by atoms with Crippen LogP contribution >= 0.6 is 0 Å². The number of carbonyl (C=O) groups excluding carboxylic acids is 1. The van der Waals surface area contributed by atoms with E-state index < -0.39 is 10.0 Å². The highest BCUT2D eigenvalue weighted by molar-refractivity contribution is 7.89. The van der Waals surface area contributed by atoms with Gasteiger partial charge in [0.25, 0.3) is 5.91 Å². The molecular formula is C21H28N3O3S+. The van der Waals surface area contributed by atoms with Gasteiger partial charge in [-0.2, -0.15) is 4.31 Å². The molecule has 0 unspecified atom stereocenters. The van der Waals surface area contributed by atoms with Crippen molar-refractivity contribution in [3.63, 3.8) is 0 Å². The molecular weight excluding hydrogens is 374 g/mol. The van der Waals surface area contributed by atoms with Crippen LogP contribution in [0, 0.1) is 20.8 Å². The van der Waals surface area contributed by atoms with Crippen LogP contribution in [0.4, 0.5) is 5.69 Å². The van der Waals surface area contributed by atoms with Gasteiger partial charge >= 0.3 is 0 Å². The Balaban J connectivity index is 1.57. The van der Waals surface area contributed by atoms with Crippen molar-refractivity contribution in [2.45, 2.75) is 25.7 Å². The number of nitrogens with one attached hydrogen (secondary N) is 2. The molecule has 0 aliphatic carbocycles. The number of hydrogen-bond donors (Lipinski definition) is 2. The number of piperazine rings is 1. The van der Waals surface area contributed by atoms with Crippen LogP contribution in [0.1, 0.15) is 16.7 Å². The molecule has 0 spiro atoms. The van der Waals surface area contributed by atoms with Crippen LogP contribution in [0.5, 0.6) is 0 Å². The molecule has 0 atom stereocenters. The third-order valence-corrected chi connectivity index (χ3v) is 7.08. The lowest BCUT2D eigenvalue weighted by atomic mass is 10.1. The lowest BCUT2D eigenvalue weighted by molar-refractivity contribution is -0.895. The van der Waals surface area contributed by atoms with Gasteiger partial charge in [-0.15, -0.1) is 0 Å². The number of anilines is 1. The lowest BCUT2D eigenvalue weighted by Gasteiger charge is -2.31. The van der Waals surface area contributed by atoms with Crippen molar-refractivity contribution < 1.29 is 18.1 Å². The van der Waals surface area contributed by atoms with Gasteiger partial charge in [0.1, 0.15) is 0 Å². The molecule has 1 aliphatic heterocycles. The maximum Gasteiger partial charge on any atom is 0.279 e. The Labute approximate surface area is 167 Å². The zero-order valence-corrected chi connectivity index (χ0v) is 17.5. The zero-order chi connectivity index (χ0) is 20.3. The summed E-state index contributed by atoms with van der Waals surface area (Å²) in [5, 5.41) is 3.03. The van der Waals surface area contributed by atoms with Crippen molar-refractivity contribution in [1.82, 2.24) is 4.31 Å². The maximum atomic E-state index is 12.7. The Hall–Kier alpha value is -2.22. The Morgan fingerprint density at radius 2 is 1.61 bits per heavy atom. The Morgan fingerprint density at radius 3 is 2.18 bits per heavy atom. The summed E-state index contributed by atoms with van der Waals surface area (Å²) in [6, 6.07) is 12.6. The maximum absolute atomic E-state index is 12.7. The van der Waals surface area contributed by atoms with E-state index in [1.54, 1.807) is 30.3 Å². The van der Waals surface area contributed by atoms with E-state index in [0.29, 0.717) is 37.6 Å². The Bertz CT molecular complexity index is 927. The predicted molar refractivity (Wildman–Crippen MR) is 110 cm³/mol. The molecule has 7 heteroatoms. The van der Waals surface area contributed by atoms with Crippen molar-refractivity contribution in [3.8, 4) is 0 Å². The molecule has 1 aliphatic rings. The fraction of sp³-hybridized carbons (Fsp3) is 0.381. The third kappa shape index (κ3) is 4.60. The summed E-state index contributed by atoms with van der Waals surface area (Å²) in [5.41, 5.74) is 4.16. The minimum absolute atomic E-state index is 0.0376. The van der Waals surface area contributed by atoms with Gasteiger partial charge in [-0.1, -0.05) is 35.9 Å². The summed E-state index contributed by atoms with van der Waals surface area (Å²) in [4.78, 5) is 13.9. The van der Waals surface area contributed by atoms with E-state index in [1.165, 1.54) is 9.87 Å². The van der Waals surface area contributed by atoms with Crippen molar-refractivity contribution in [3.05, 3.63) is 59.2 Å². The lowest BCUT2D eigenvalue weighted by Crippen LogP contribution is -3.15. The highest BCUT2D eigenvalue weighted by atomic mass is 32.2. The summed E-state index contributed by atoms with van der Waals surface area (Å²) in [5.74, 6) is -0.0376. The summed E-state index contributed by atoms with van der Waals surface area (Å²) >= 11 is 0. The molecule has 0 saturated carbocycles. The fourth-order valence-electron chi connectivity index (χ4n) is 3.75. The van der Waals surface area contributed by atoms with Crippen LogP contribution < -0.4 is 10.2 Å². The number of rotatable bonds is 5. The van der Waals surface area contributed by atoms with Crippen LogP contribution in [-0.4, -0.2) is 51.4 Å². The van der Waals surface area contributed by atoms with Gasteiger partial charge in [0.2, 0.25) is 10.0 Å².